The highest BCUT2D eigenvalue weighted by Crippen LogP contribution is 2.32. The maximum absolute atomic E-state index is 12.2. The van der Waals surface area contributed by atoms with Crippen molar-refractivity contribution in [2.75, 3.05) is 13.9 Å². The third-order valence-electron chi connectivity index (χ3n) is 4.09. The zero-order chi connectivity index (χ0) is 17.9. The van der Waals surface area contributed by atoms with Gasteiger partial charge in [-0.3, -0.25) is 4.79 Å². The molecule has 1 amide bonds. The van der Waals surface area contributed by atoms with Crippen LogP contribution in [-0.2, 0) is 0 Å². The highest BCUT2D eigenvalue weighted by Gasteiger charge is 2.15. The van der Waals surface area contributed by atoms with Crippen molar-refractivity contribution >= 4 is 22.9 Å². The van der Waals surface area contributed by atoms with Gasteiger partial charge in [0.25, 0.3) is 5.91 Å². The molecule has 3 aromatic rings. The topological polar surface area (TPSA) is 69.2 Å². The van der Waals surface area contributed by atoms with Gasteiger partial charge in [0.1, 0.15) is 5.75 Å². The molecule has 0 atom stereocenters. The number of nitrogens with zero attached hydrogens (tertiary/aromatic N) is 1. The number of fused-ring (bicyclic) bond motifs is 2. The van der Waals surface area contributed by atoms with Crippen molar-refractivity contribution in [3.63, 3.8) is 0 Å². The van der Waals surface area contributed by atoms with Gasteiger partial charge in [-0.25, -0.2) is 5.43 Å². The quantitative estimate of drug-likeness (QED) is 0.580. The van der Waals surface area contributed by atoms with Gasteiger partial charge in [-0.2, -0.15) is 5.10 Å². The van der Waals surface area contributed by atoms with Crippen LogP contribution in [0.3, 0.4) is 0 Å². The predicted octanol–water partition coefficient (Wildman–Crippen LogP) is 3.34. The van der Waals surface area contributed by atoms with Crippen LogP contribution in [-0.4, -0.2) is 26.0 Å². The zero-order valence-corrected chi connectivity index (χ0v) is 14.1. The maximum atomic E-state index is 12.2. The molecule has 0 unspecified atom stereocenters. The summed E-state index contributed by atoms with van der Waals surface area (Å²) in [6, 6.07) is 16.8. The minimum Gasteiger partial charge on any atom is -0.497 e. The van der Waals surface area contributed by atoms with Gasteiger partial charge in [0.15, 0.2) is 11.5 Å². The van der Waals surface area contributed by atoms with Crippen LogP contribution in [0.15, 0.2) is 59.7 Å². The van der Waals surface area contributed by atoms with Crippen molar-refractivity contribution in [3.05, 3.63) is 65.7 Å². The second-order valence-electron chi connectivity index (χ2n) is 5.74. The van der Waals surface area contributed by atoms with E-state index in [4.69, 9.17) is 14.2 Å². The summed E-state index contributed by atoms with van der Waals surface area (Å²) in [6.07, 6.45) is 1.61. The van der Waals surface area contributed by atoms with E-state index in [2.05, 4.69) is 10.5 Å². The Morgan fingerprint density at radius 2 is 1.85 bits per heavy atom. The molecule has 0 spiro atoms. The lowest BCUT2D eigenvalue weighted by molar-refractivity contribution is 0.0954. The molecular formula is C20H16N2O4. The number of hydrazone groups is 1. The van der Waals surface area contributed by atoms with E-state index < -0.39 is 0 Å². The second-order valence-corrected chi connectivity index (χ2v) is 5.74. The second kappa shape index (κ2) is 6.76. The largest absolute Gasteiger partial charge is 0.497 e. The normalized spacial score (nSPS) is 12.5. The van der Waals surface area contributed by atoms with Crippen LogP contribution >= 0.6 is 0 Å². The van der Waals surface area contributed by atoms with Gasteiger partial charge in [-0.1, -0.05) is 18.2 Å². The van der Waals surface area contributed by atoms with Gasteiger partial charge in [0.2, 0.25) is 6.79 Å². The van der Waals surface area contributed by atoms with Crippen LogP contribution in [0.25, 0.3) is 10.8 Å². The number of hydrogen-bond acceptors (Lipinski definition) is 5. The lowest BCUT2D eigenvalue weighted by atomic mass is 10.1. The third kappa shape index (κ3) is 3.17. The summed E-state index contributed by atoms with van der Waals surface area (Å²) >= 11 is 0. The van der Waals surface area contributed by atoms with Crippen molar-refractivity contribution in [1.82, 2.24) is 5.43 Å². The van der Waals surface area contributed by atoms with E-state index in [1.54, 1.807) is 31.5 Å². The van der Waals surface area contributed by atoms with Crippen LogP contribution in [0.1, 0.15) is 15.9 Å². The first-order valence-electron chi connectivity index (χ1n) is 8.04. The third-order valence-corrected chi connectivity index (χ3v) is 4.09. The molecule has 0 aromatic heterocycles. The molecule has 0 radical (unpaired) electrons. The lowest BCUT2D eigenvalue weighted by Gasteiger charge is -2.04. The Kier molecular flexibility index (Phi) is 4.15. The fourth-order valence-electron chi connectivity index (χ4n) is 2.72. The number of hydrogen-bond donors (Lipinski definition) is 1. The van der Waals surface area contributed by atoms with E-state index in [0.717, 1.165) is 22.1 Å². The lowest BCUT2D eigenvalue weighted by Crippen LogP contribution is -2.17. The minimum atomic E-state index is -0.315. The highest BCUT2D eigenvalue weighted by molar-refractivity contribution is 5.96. The van der Waals surface area contributed by atoms with Gasteiger partial charge in [-0.15, -0.1) is 0 Å². The maximum Gasteiger partial charge on any atom is 0.271 e. The van der Waals surface area contributed by atoms with Crippen LogP contribution in [0.5, 0.6) is 17.2 Å². The number of rotatable bonds is 4. The summed E-state index contributed by atoms with van der Waals surface area (Å²) < 4.78 is 15.7. The molecule has 0 bridgehead atoms. The van der Waals surface area contributed by atoms with Gasteiger partial charge in [0, 0.05) is 5.56 Å². The fraction of sp³-hybridized carbons (Fsp3) is 0.100. The number of amides is 1. The monoisotopic (exact) mass is 348 g/mol. The number of nitrogens with one attached hydrogen (secondary N) is 1. The number of methoxy groups -OCH3 is 1. The SMILES string of the molecule is COc1ccc2cc(/C=N\NC(=O)c3ccc4c(c3)OCO4)ccc2c1. The Morgan fingerprint density at radius 3 is 2.73 bits per heavy atom. The van der Waals surface area contributed by atoms with E-state index in [0.29, 0.717) is 17.1 Å². The first-order valence-corrected chi connectivity index (χ1v) is 8.04. The molecule has 1 aliphatic rings. The molecule has 3 aromatic carbocycles. The molecule has 1 aliphatic heterocycles. The summed E-state index contributed by atoms with van der Waals surface area (Å²) in [7, 11) is 1.64. The standard InChI is InChI=1S/C20H16N2O4/c1-24-17-6-4-14-8-13(2-3-15(14)9-17)11-21-22-20(23)16-5-7-18-19(10-16)26-12-25-18/h2-11H,12H2,1H3,(H,22,23)/b21-11-. The molecule has 130 valence electrons. The summed E-state index contributed by atoms with van der Waals surface area (Å²) in [5.41, 5.74) is 3.86. The number of carbonyl (C=O) groups excluding carboxylic acids is 1. The van der Waals surface area contributed by atoms with E-state index in [1.807, 2.05) is 36.4 Å². The number of ether oxygens (including phenoxy) is 3. The summed E-state index contributed by atoms with van der Waals surface area (Å²) in [4.78, 5) is 12.2. The highest BCUT2D eigenvalue weighted by atomic mass is 16.7. The first-order chi connectivity index (χ1) is 12.7. The van der Waals surface area contributed by atoms with Crippen LogP contribution in [0.2, 0.25) is 0 Å². The molecule has 0 saturated carbocycles. The molecule has 6 nitrogen and oxygen atoms in total. The Balaban J connectivity index is 1.46. The summed E-state index contributed by atoms with van der Waals surface area (Å²) in [5.74, 6) is 1.70. The van der Waals surface area contributed by atoms with Gasteiger partial charge < -0.3 is 14.2 Å². The minimum absolute atomic E-state index is 0.173. The van der Waals surface area contributed by atoms with Crippen LogP contribution in [0, 0.1) is 0 Å². The molecule has 1 heterocycles. The number of benzene rings is 3. The Labute approximate surface area is 150 Å². The molecular weight excluding hydrogens is 332 g/mol. The van der Waals surface area contributed by atoms with Crippen molar-refractivity contribution in [2.45, 2.75) is 0 Å². The molecule has 1 N–H and O–H groups in total. The van der Waals surface area contributed by atoms with Crippen molar-refractivity contribution in [3.8, 4) is 17.2 Å². The average Bonchev–Trinajstić information content (AvgIpc) is 3.15. The summed E-state index contributed by atoms with van der Waals surface area (Å²) in [6.45, 7) is 0.173. The Morgan fingerprint density at radius 1 is 1.04 bits per heavy atom. The van der Waals surface area contributed by atoms with Crippen LogP contribution < -0.4 is 19.6 Å². The van der Waals surface area contributed by atoms with Crippen LogP contribution in [0.4, 0.5) is 0 Å². The van der Waals surface area contributed by atoms with Gasteiger partial charge in [0.05, 0.1) is 13.3 Å². The van der Waals surface area contributed by atoms with Crippen molar-refractivity contribution < 1.29 is 19.0 Å². The smallest absolute Gasteiger partial charge is 0.271 e. The zero-order valence-electron chi connectivity index (χ0n) is 14.1. The van der Waals surface area contributed by atoms with Gasteiger partial charge >= 0.3 is 0 Å². The molecule has 26 heavy (non-hydrogen) atoms. The molecule has 0 aliphatic carbocycles. The van der Waals surface area contributed by atoms with E-state index in [9.17, 15) is 4.79 Å². The van der Waals surface area contributed by atoms with E-state index in [1.165, 1.54) is 0 Å². The van der Waals surface area contributed by atoms with Crippen molar-refractivity contribution in [1.29, 1.82) is 0 Å². The van der Waals surface area contributed by atoms with E-state index >= 15 is 0 Å². The molecule has 6 heteroatoms. The molecule has 0 saturated heterocycles. The Bertz CT molecular complexity index is 1010. The van der Waals surface area contributed by atoms with Crippen molar-refractivity contribution in [2.24, 2.45) is 5.10 Å². The first kappa shape index (κ1) is 16.0. The fourth-order valence-corrected chi connectivity index (χ4v) is 2.72. The molecule has 0 fully saturated rings. The number of carbonyl (C=O) groups is 1. The Hall–Kier alpha value is -3.54. The van der Waals surface area contributed by atoms with Gasteiger partial charge in [-0.05, 0) is 52.7 Å². The van der Waals surface area contributed by atoms with E-state index in [-0.39, 0.29) is 12.7 Å². The predicted molar refractivity (Wildman–Crippen MR) is 98.1 cm³/mol. The summed E-state index contributed by atoms with van der Waals surface area (Å²) in [5, 5.41) is 6.17. The average molecular weight is 348 g/mol. The molecule has 4 rings (SSSR count).